The molecule has 0 heterocycles. The lowest BCUT2D eigenvalue weighted by atomic mass is 9.66. The summed E-state index contributed by atoms with van der Waals surface area (Å²) in [5.41, 5.74) is 0.230. The summed E-state index contributed by atoms with van der Waals surface area (Å²) < 4.78 is 21.4. The normalized spacial score (nSPS) is 21.6. The average Bonchev–Trinajstić information content (AvgIpc) is 2.61. The number of fused-ring (bicyclic) bond motifs is 1. The predicted octanol–water partition coefficient (Wildman–Crippen LogP) is 2.36. The lowest BCUT2D eigenvalue weighted by molar-refractivity contribution is -0.105. The fourth-order valence-corrected chi connectivity index (χ4v) is 3.37. The van der Waals surface area contributed by atoms with Gasteiger partial charge in [-0.3, -0.25) is 0 Å². The van der Waals surface area contributed by atoms with Gasteiger partial charge in [0.15, 0.2) is 17.1 Å². The van der Waals surface area contributed by atoms with Gasteiger partial charge in [-0.1, -0.05) is 6.07 Å². The molecule has 2 atom stereocenters. The zero-order valence-electron chi connectivity index (χ0n) is 14.0. The minimum atomic E-state index is -1.51. The van der Waals surface area contributed by atoms with Gasteiger partial charge in [-0.05, 0) is 23.8 Å². The Bertz CT molecular complexity index is 772. The summed E-state index contributed by atoms with van der Waals surface area (Å²) in [5.74, 6) is 1.24. The van der Waals surface area contributed by atoms with Crippen LogP contribution in [0.15, 0.2) is 30.3 Å². The molecule has 24 heavy (non-hydrogen) atoms. The Hall–Kier alpha value is -2.44. The number of methoxy groups -OCH3 is 4. The first-order valence-corrected chi connectivity index (χ1v) is 7.40. The monoisotopic (exact) mass is 332 g/mol. The van der Waals surface area contributed by atoms with Crippen LogP contribution < -0.4 is 14.2 Å². The van der Waals surface area contributed by atoms with Crippen LogP contribution >= 0.6 is 0 Å². The molecule has 0 radical (unpaired) electrons. The first-order chi connectivity index (χ1) is 11.5. The Balaban J connectivity index is 2.25. The van der Waals surface area contributed by atoms with Gasteiger partial charge in [0.25, 0.3) is 0 Å². The molecule has 2 aromatic rings. The number of phenols is 1. The molecule has 0 fully saturated rings. The van der Waals surface area contributed by atoms with Gasteiger partial charge < -0.3 is 29.2 Å². The standard InChI is InChI=1S/C18H20O6/c1-21-10-5-7-12(14(9-10)22-2)18(20)15-11(17(18)24-4)6-8-13(19)16(15)23-3/h5-9,17,19-20H,1-4H3/t17-,18-/m0/s1. The molecule has 0 saturated heterocycles. The van der Waals surface area contributed by atoms with Crippen LogP contribution in [0.3, 0.4) is 0 Å². The van der Waals surface area contributed by atoms with Crippen molar-refractivity contribution in [1.82, 2.24) is 0 Å². The average molecular weight is 332 g/mol. The van der Waals surface area contributed by atoms with Crippen molar-refractivity contribution in [2.45, 2.75) is 11.7 Å². The van der Waals surface area contributed by atoms with Gasteiger partial charge in [-0.2, -0.15) is 0 Å². The molecule has 3 rings (SSSR count). The number of hydrogen-bond acceptors (Lipinski definition) is 6. The van der Waals surface area contributed by atoms with Crippen molar-refractivity contribution in [2.75, 3.05) is 28.4 Å². The number of ether oxygens (including phenoxy) is 4. The molecule has 1 aliphatic rings. The number of hydrogen-bond donors (Lipinski definition) is 2. The van der Waals surface area contributed by atoms with E-state index in [1.807, 2.05) is 0 Å². The lowest BCUT2D eigenvalue weighted by Gasteiger charge is -2.47. The van der Waals surface area contributed by atoms with Crippen LogP contribution in [0, 0.1) is 0 Å². The molecule has 0 aliphatic heterocycles. The van der Waals surface area contributed by atoms with Crippen LogP contribution in [0.5, 0.6) is 23.0 Å². The zero-order valence-corrected chi connectivity index (χ0v) is 14.0. The molecule has 0 unspecified atom stereocenters. The van der Waals surface area contributed by atoms with E-state index in [1.165, 1.54) is 27.4 Å². The van der Waals surface area contributed by atoms with Gasteiger partial charge in [-0.15, -0.1) is 0 Å². The first kappa shape index (κ1) is 16.4. The summed E-state index contributed by atoms with van der Waals surface area (Å²) in [5, 5.41) is 21.5. The van der Waals surface area contributed by atoms with E-state index in [-0.39, 0.29) is 11.5 Å². The maximum atomic E-state index is 11.5. The number of aromatic hydroxyl groups is 1. The summed E-state index contributed by atoms with van der Waals surface area (Å²) in [6.45, 7) is 0. The van der Waals surface area contributed by atoms with Gasteiger partial charge in [-0.25, -0.2) is 0 Å². The molecule has 6 nitrogen and oxygen atoms in total. The Morgan fingerprint density at radius 3 is 2.29 bits per heavy atom. The minimum Gasteiger partial charge on any atom is -0.504 e. The first-order valence-electron chi connectivity index (χ1n) is 7.40. The molecule has 0 spiro atoms. The summed E-state index contributed by atoms with van der Waals surface area (Å²) in [6, 6.07) is 8.37. The molecule has 0 bridgehead atoms. The second kappa shape index (κ2) is 5.89. The summed E-state index contributed by atoms with van der Waals surface area (Å²) in [4.78, 5) is 0. The van der Waals surface area contributed by atoms with Crippen LogP contribution in [-0.4, -0.2) is 38.7 Å². The molecular weight excluding hydrogens is 312 g/mol. The van der Waals surface area contributed by atoms with E-state index in [9.17, 15) is 10.2 Å². The van der Waals surface area contributed by atoms with Crippen molar-refractivity contribution in [3.8, 4) is 23.0 Å². The molecule has 128 valence electrons. The number of aliphatic hydroxyl groups is 1. The number of rotatable bonds is 5. The van der Waals surface area contributed by atoms with Crippen molar-refractivity contribution < 1.29 is 29.2 Å². The molecule has 0 saturated carbocycles. The van der Waals surface area contributed by atoms with Crippen LogP contribution in [0.25, 0.3) is 0 Å². The Morgan fingerprint density at radius 1 is 0.958 bits per heavy atom. The summed E-state index contributed by atoms with van der Waals surface area (Å²) in [7, 11) is 6.04. The summed E-state index contributed by atoms with van der Waals surface area (Å²) in [6.07, 6.45) is -0.607. The third-order valence-corrected chi connectivity index (χ3v) is 4.47. The highest BCUT2D eigenvalue weighted by Crippen LogP contribution is 2.60. The van der Waals surface area contributed by atoms with E-state index in [2.05, 4.69) is 0 Å². The van der Waals surface area contributed by atoms with Gasteiger partial charge in [0.05, 0.1) is 21.3 Å². The second-order valence-corrected chi connectivity index (χ2v) is 5.53. The second-order valence-electron chi connectivity index (χ2n) is 5.53. The maximum Gasteiger partial charge on any atom is 0.167 e. The van der Waals surface area contributed by atoms with Gasteiger partial charge in [0.1, 0.15) is 17.6 Å². The number of benzene rings is 2. The van der Waals surface area contributed by atoms with Gasteiger partial charge in [0, 0.05) is 24.3 Å². The molecule has 0 amide bonds. The van der Waals surface area contributed by atoms with Crippen LogP contribution in [0.1, 0.15) is 22.8 Å². The summed E-state index contributed by atoms with van der Waals surface area (Å²) >= 11 is 0. The third kappa shape index (κ3) is 2.03. The quantitative estimate of drug-likeness (QED) is 0.875. The predicted molar refractivity (Wildman–Crippen MR) is 87.0 cm³/mol. The Morgan fingerprint density at radius 2 is 1.71 bits per heavy atom. The van der Waals surface area contributed by atoms with E-state index in [0.717, 1.165) is 5.56 Å². The highest BCUT2D eigenvalue weighted by Gasteiger charge is 2.56. The molecule has 1 aliphatic carbocycles. The topological polar surface area (TPSA) is 77.4 Å². The highest BCUT2D eigenvalue weighted by atomic mass is 16.5. The SMILES string of the molecule is COc1ccc([C@]2(O)c3c(ccc(O)c3OC)[C@@H]2OC)c(OC)c1. The Labute approximate surface area is 140 Å². The minimum absolute atomic E-state index is 0.0447. The molecule has 6 heteroatoms. The maximum absolute atomic E-state index is 11.5. The fraction of sp³-hybridized carbons (Fsp3) is 0.333. The van der Waals surface area contributed by atoms with Gasteiger partial charge in [0.2, 0.25) is 0 Å². The van der Waals surface area contributed by atoms with E-state index in [4.69, 9.17) is 18.9 Å². The van der Waals surface area contributed by atoms with E-state index >= 15 is 0 Å². The van der Waals surface area contributed by atoms with E-state index in [0.29, 0.717) is 22.6 Å². The fourth-order valence-electron chi connectivity index (χ4n) is 3.37. The van der Waals surface area contributed by atoms with Crippen molar-refractivity contribution >= 4 is 0 Å². The number of phenolic OH excluding ortho intramolecular Hbond substituents is 1. The van der Waals surface area contributed by atoms with Crippen molar-refractivity contribution in [2.24, 2.45) is 0 Å². The third-order valence-electron chi connectivity index (χ3n) is 4.47. The lowest BCUT2D eigenvalue weighted by Crippen LogP contribution is -2.46. The van der Waals surface area contributed by atoms with Crippen LogP contribution in [-0.2, 0) is 10.3 Å². The Kier molecular flexibility index (Phi) is 4.03. The molecule has 0 aromatic heterocycles. The zero-order chi connectivity index (χ0) is 17.5. The largest absolute Gasteiger partial charge is 0.504 e. The van der Waals surface area contributed by atoms with Crippen molar-refractivity contribution in [3.05, 3.63) is 47.0 Å². The smallest absolute Gasteiger partial charge is 0.167 e. The molecule has 2 N–H and O–H groups in total. The highest BCUT2D eigenvalue weighted by molar-refractivity contribution is 5.66. The van der Waals surface area contributed by atoms with Crippen LogP contribution in [0.2, 0.25) is 0 Å². The van der Waals surface area contributed by atoms with E-state index in [1.54, 1.807) is 31.4 Å². The van der Waals surface area contributed by atoms with Crippen LogP contribution in [0.4, 0.5) is 0 Å². The van der Waals surface area contributed by atoms with Crippen molar-refractivity contribution in [1.29, 1.82) is 0 Å². The molecule has 2 aromatic carbocycles. The molecular formula is C18H20O6. The van der Waals surface area contributed by atoms with Gasteiger partial charge >= 0.3 is 0 Å². The van der Waals surface area contributed by atoms with E-state index < -0.39 is 11.7 Å². The van der Waals surface area contributed by atoms with Crippen molar-refractivity contribution in [3.63, 3.8) is 0 Å².